The highest BCUT2D eigenvalue weighted by molar-refractivity contribution is 5.80. The highest BCUT2D eigenvalue weighted by Gasteiger charge is 2.25. The standard InChI is InChI=1S/C12H20N2O2/c1-8-5-6-10(16-8)9(2)14-7-12(3,4)11(13)15/h5-6,9,14H,7H2,1-4H3,(H2,13,15). The first-order valence-corrected chi connectivity index (χ1v) is 5.42. The highest BCUT2D eigenvalue weighted by atomic mass is 16.3. The van der Waals surface area contributed by atoms with Crippen LogP contribution >= 0.6 is 0 Å². The second-order valence-corrected chi connectivity index (χ2v) is 4.80. The van der Waals surface area contributed by atoms with Gasteiger partial charge >= 0.3 is 0 Å². The lowest BCUT2D eigenvalue weighted by atomic mass is 9.92. The van der Waals surface area contributed by atoms with Crippen molar-refractivity contribution in [1.82, 2.24) is 5.32 Å². The molecule has 1 atom stereocenters. The summed E-state index contributed by atoms with van der Waals surface area (Å²) in [6.45, 7) is 8.08. The van der Waals surface area contributed by atoms with E-state index in [-0.39, 0.29) is 11.9 Å². The molecule has 0 aliphatic heterocycles. The van der Waals surface area contributed by atoms with E-state index in [2.05, 4.69) is 5.32 Å². The highest BCUT2D eigenvalue weighted by Crippen LogP contribution is 2.18. The third-order valence-electron chi connectivity index (χ3n) is 2.71. The van der Waals surface area contributed by atoms with Gasteiger partial charge in [-0.1, -0.05) is 0 Å². The second kappa shape index (κ2) is 4.70. The zero-order valence-corrected chi connectivity index (χ0v) is 10.3. The van der Waals surface area contributed by atoms with Crippen LogP contribution in [0.5, 0.6) is 0 Å². The molecule has 1 unspecified atom stereocenters. The number of primary amides is 1. The van der Waals surface area contributed by atoms with Crippen molar-refractivity contribution in [1.29, 1.82) is 0 Å². The third kappa shape index (κ3) is 3.10. The van der Waals surface area contributed by atoms with Gasteiger partial charge in [-0.2, -0.15) is 0 Å². The summed E-state index contributed by atoms with van der Waals surface area (Å²) in [5, 5.41) is 3.24. The maximum absolute atomic E-state index is 11.1. The number of carbonyl (C=O) groups excluding carboxylic acids is 1. The van der Waals surface area contributed by atoms with Crippen molar-refractivity contribution < 1.29 is 9.21 Å². The van der Waals surface area contributed by atoms with Gasteiger partial charge in [-0.15, -0.1) is 0 Å². The molecule has 0 saturated heterocycles. The molecule has 0 radical (unpaired) electrons. The molecule has 4 heteroatoms. The fraction of sp³-hybridized carbons (Fsp3) is 0.583. The van der Waals surface area contributed by atoms with Gasteiger partial charge in [-0.05, 0) is 39.8 Å². The van der Waals surface area contributed by atoms with Crippen molar-refractivity contribution in [3.8, 4) is 0 Å². The minimum atomic E-state index is -0.546. The maximum atomic E-state index is 11.1. The van der Waals surface area contributed by atoms with Crippen LogP contribution in [0.4, 0.5) is 0 Å². The Kier molecular flexibility index (Phi) is 3.75. The number of hydrogen-bond donors (Lipinski definition) is 2. The zero-order valence-electron chi connectivity index (χ0n) is 10.3. The van der Waals surface area contributed by atoms with E-state index in [4.69, 9.17) is 10.2 Å². The zero-order chi connectivity index (χ0) is 12.3. The van der Waals surface area contributed by atoms with Gasteiger partial charge in [-0.25, -0.2) is 0 Å². The fourth-order valence-corrected chi connectivity index (χ4v) is 1.28. The van der Waals surface area contributed by atoms with Gasteiger partial charge < -0.3 is 15.5 Å². The molecule has 0 aliphatic rings. The van der Waals surface area contributed by atoms with Gasteiger partial charge in [0.2, 0.25) is 5.91 Å². The number of aryl methyl sites for hydroxylation is 1. The van der Waals surface area contributed by atoms with Crippen LogP contribution in [0.25, 0.3) is 0 Å². The topological polar surface area (TPSA) is 68.3 Å². The van der Waals surface area contributed by atoms with Gasteiger partial charge in [0.15, 0.2) is 0 Å². The lowest BCUT2D eigenvalue weighted by Gasteiger charge is -2.23. The fourth-order valence-electron chi connectivity index (χ4n) is 1.28. The number of hydrogen-bond acceptors (Lipinski definition) is 3. The van der Waals surface area contributed by atoms with Crippen molar-refractivity contribution in [2.24, 2.45) is 11.1 Å². The Morgan fingerprint density at radius 2 is 2.19 bits per heavy atom. The average molecular weight is 224 g/mol. The molecular formula is C12H20N2O2. The van der Waals surface area contributed by atoms with E-state index in [1.807, 2.05) is 39.8 Å². The molecule has 0 saturated carbocycles. The number of carbonyl (C=O) groups is 1. The normalized spacial score (nSPS) is 13.8. The number of furan rings is 1. The Balaban J connectivity index is 2.53. The Morgan fingerprint density at radius 1 is 1.56 bits per heavy atom. The molecule has 3 N–H and O–H groups in total. The molecule has 1 amide bonds. The Bertz CT molecular complexity index is 369. The lowest BCUT2D eigenvalue weighted by molar-refractivity contribution is -0.125. The van der Waals surface area contributed by atoms with Crippen LogP contribution in [0, 0.1) is 12.3 Å². The molecule has 16 heavy (non-hydrogen) atoms. The van der Waals surface area contributed by atoms with Gasteiger partial charge in [0.1, 0.15) is 11.5 Å². The Morgan fingerprint density at radius 3 is 2.62 bits per heavy atom. The summed E-state index contributed by atoms with van der Waals surface area (Å²) in [5.41, 5.74) is 4.75. The Hall–Kier alpha value is -1.29. The summed E-state index contributed by atoms with van der Waals surface area (Å²) in [5.74, 6) is 1.46. The van der Waals surface area contributed by atoms with Crippen molar-refractivity contribution >= 4 is 5.91 Å². The summed E-state index contributed by atoms with van der Waals surface area (Å²) in [6, 6.07) is 3.93. The van der Waals surface area contributed by atoms with Crippen LogP contribution in [-0.4, -0.2) is 12.5 Å². The van der Waals surface area contributed by atoms with Crippen LogP contribution in [0.2, 0.25) is 0 Å². The van der Waals surface area contributed by atoms with E-state index < -0.39 is 5.41 Å². The largest absolute Gasteiger partial charge is 0.465 e. The van der Waals surface area contributed by atoms with E-state index in [0.717, 1.165) is 11.5 Å². The van der Waals surface area contributed by atoms with E-state index >= 15 is 0 Å². The summed E-state index contributed by atoms with van der Waals surface area (Å²) < 4.78 is 5.49. The average Bonchev–Trinajstić information content (AvgIpc) is 2.61. The lowest BCUT2D eigenvalue weighted by Crippen LogP contribution is -2.41. The van der Waals surface area contributed by atoms with E-state index in [9.17, 15) is 4.79 Å². The molecule has 0 aliphatic carbocycles. The van der Waals surface area contributed by atoms with E-state index in [1.165, 1.54) is 0 Å². The summed E-state index contributed by atoms with van der Waals surface area (Å²) >= 11 is 0. The molecule has 1 rings (SSSR count). The number of rotatable bonds is 5. The molecule has 0 fully saturated rings. The SMILES string of the molecule is Cc1ccc(C(C)NCC(C)(C)C(N)=O)o1. The quantitative estimate of drug-likeness (QED) is 0.800. The predicted molar refractivity (Wildman–Crippen MR) is 62.8 cm³/mol. The van der Waals surface area contributed by atoms with E-state index in [0.29, 0.717) is 6.54 Å². The minimum Gasteiger partial charge on any atom is -0.465 e. The number of amides is 1. The second-order valence-electron chi connectivity index (χ2n) is 4.80. The molecule has 1 aromatic heterocycles. The number of nitrogens with two attached hydrogens (primary N) is 1. The van der Waals surface area contributed by atoms with Gasteiger partial charge in [0.25, 0.3) is 0 Å². The van der Waals surface area contributed by atoms with Crippen molar-refractivity contribution in [3.05, 3.63) is 23.7 Å². The van der Waals surface area contributed by atoms with Crippen LogP contribution in [0.15, 0.2) is 16.5 Å². The molecule has 4 nitrogen and oxygen atoms in total. The smallest absolute Gasteiger partial charge is 0.224 e. The molecule has 0 bridgehead atoms. The molecular weight excluding hydrogens is 204 g/mol. The minimum absolute atomic E-state index is 0.0762. The molecule has 0 aromatic carbocycles. The first-order chi connectivity index (χ1) is 7.33. The van der Waals surface area contributed by atoms with Gasteiger partial charge in [-0.3, -0.25) is 4.79 Å². The van der Waals surface area contributed by atoms with Crippen molar-refractivity contribution in [3.63, 3.8) is 0 Å². The molecule has 90 valence electrons. The summed E-state index contributed by atoms with van der Waals surface area (Å²) in [6.07, 6.45) is 0. The molecule has 1 heterocycles. The Labute approximate surface area is 96.2 Å². The van der Waals surface area contributed by atoms with Crippen LogP contribution in [-0.2, 0) is 4.79 Å². The van der Waals surface area contributed by atoms with E-state index in [1.54, 1.807) is 0 Å². The monoisotopic (exact) mass is 224 g/mol. The van der Waals surface area contributed by atoms with Crippen molar-refractivity contribution in [2.75, 3.05) is 6.54 Å². The van der Waals surface area contributed by atoms with Gasteiger partial charge in [0.05, 0.1) is 11.5 Å². The molecule has 1 aromatic rings. The number of nitrogens with one attached hydrogen (secondary N) is 1. The molecule has 0 spiro atoms. The van der Waals surface area contributed by atoms with Crippen molar-refractivity contribution in [2.45, 2.75) is 33.7 Å². The predicted octanol–water partition coefficient (Wildman–Crippen LogP) is 1.75. The first kappa shape index (κ1) is 12.8. The summed E-state index contributed by atoms with van der Waals surface area (Å²) in [7, 11) is 0. The maximum Gasteiger partial charge on any atom is 0.224 e. The summed E-state index contributed by atoms with van der Waals surface area (Å²) in [4.78, 5) is 11.1. The van der Waals surface area contributed by atoms with Gasteiger partial charge in [0, 0.05) is 6.54 Å². The third-order valence-corrected chi connectivity index (χ3v) is 2.71. The van der Waals surface area contributed by atoms with Crippen LogP contribution < -0.4 is 11.1 Å². The van der Waals surface area contributed by atoms with Crippen LogP contribution in [0.3, 0.4) is 0 Å². The first-order valence-electron chi connectivity index (χ1n) is 5.42. The van der Waals surface area contributed by atoms with Crippen LogP contribution in [0.1, 0.15) is 38.3 Å².